The van der Waals surface area contributed by atoms with Crippen molar-refractivity contribution in [1.82, 2.24) is 21.7 Å². The SMILES string of the molecule is O=C(NNC(=O)c1ccccc1I)c1ccc(C(=O)NNC(=O)c2ccccc2I)cc1. The Morgan fingerprint density at radius 3 is 1.12 bits per heavy atom. The van der Waals surface area contributed by atoms with E-state index < -0.39 is 23.6 Å². The molecule has 3 aromatic rings. The number of hydrogen-bond donors (Lipinski definition) is 4. The third kappa shape index (κ3) is 6.03. The van der Waals surface area contributed by atoms with Gasteiger partial charge in [-0.2, -0.15) is 0 Å². The highest BCUT2D eigenvalue weighted by molar-refractivity contribution is 14.1. The van der Waals surface area contributed by atoms with Crippen molar-refractivity contribution in [2.24, 2.45) is 0 Å². The number of nitrogens with one attached hydrogen (secondary N) is 4. The van der Waals surface area contributed by atoms with Gasteiger partial charge in [0.1, 0.15) is 0 Å². The van der Waals surface area contributed by atoms with Crippen molar-refractivity contribution >= 4 is 68.8 Å². The molecule has 162 valence electrons. The molecule has 0 aliphatic carbocycles. The van der Waals surface area contributed by atoms with Crippen LogP contribution < -0.4 is 21.7 Å². The summed E-state index contributed by atoms with van der Waals surface area (Å²) in [6.45, 7) is 0. The van der Waals surface area contributed by atoms with Crippen LogP contribution in [0.4, 0.5) is 0 Å². The molecule has 32 heavy (non-hydrogen) atoms. The second kappa shape index (κ2) is 11.0. The number of halogens is 2. The van der Waals surface area contributed by atoms with Gasteiger partial charge in [-0.3, -0.25) is 40.9 Å². The number of amides is 4. The molecule has 0 heterocycles. The van der Waals surface area contributed by atoms with Crippen molar-refractivity contribution in [3.05, 3.63) is 102 Å². The molecule has 0 unspecified atom stereocenters. The molecule has 0 saturated carbocycles. The Morgan fingerprint density at radius 2 is 0.781 bits per heavy atom. The number of carbonyl (C=O) groups excluding carboxylic acids is 4. The summed E-state index contributed by atoms with van der Waals surface area (Å²) in [4.78, 5) is 48.9. The molecule has 0 bridgehead atoms. The van der Waals surface area contributed by atoms with Crippen LogP contribution >= 0.6 is 45.2 Å². The number of hydrogen-bond acceptors (Lipinski definition) is 4. The minimum absolute atomic E-state index is 0.243. The van der Waals surface area contributed by atoms with Crippen LogP contribution in [0.15, 0.2) is 72.8 Å². The lowest BCUT2D eigenvalue weighted by Gasteiger charge is -2.10. The van der Waals surface area contributed by atoms with Crippen LogP contribution in [-0.4, -0.2) is 23.6 Å². The van der Waals surface area contributed by atoms with Crippen LogP contribution in [0, 0.1) is 7.14 Å². The van der Waals surface area contributed by atoms with Crippen LogP contribution in [0.1, 0.15) is 41.4 Å². The number of hydrazine groups is 2. The molecule has 3 rings (SSSR count). The zero-order valence-corrected chi connectivity index (χ0v) is 20.6. The predicted molar refractivity (Wildman–Crippen MR) is 135 cm³/mol. The molecule has 4 amide bonds. The van der Waals surface area contributed by atoms with E-state index in [0.717, 1.165) is 7.14 Å². The zero-order valence-electron chi connectivity index (χ0n) is 16.3. The average Bonchev–Trinajstić information content (AvgIpc) is 2.81. The predicted octanol–water partition coefficient (Wildman–Crippen LogP) is 3.05. The lowest BCUT2D eigenvalue weighted by atomic mass is 10.1. The van der Waals surface area contributed by atoms with Gasteiger partial charge < -0.3 is 0 Å². The Bertz CT molecular complexity index is 1090. The van der Waals surface area contributed by atoms with Crippen molar-refractivity contribution in [2.45, 2.75) is 0 Å². The largest absolute Gasteiger partial charge is 0.270 e. The van der Waals surface area contributed by atoms with Gasteiger partial charge in [0.05, 0.1) is 11.1 Å². The van der Waals surface area contributed by atoms with E-state index in [1.807, 2.05) is 57.3 Å². The summed E-state index contributed by atoms with van der Waals surface area (Å²) >= 11 is 4.06. The minimum Gasteiger partial charge on any atom is -0.267 e. The van der Waals surface area contributed by atoms with Crippen molar-refractivity contribution in [3.63, 3.8) is 0 Å². The molecule has 0 atom stereocenters. The molecular weight excluding hydrogens is 638 g/mol. The first kappa shape index (κ1) is 23.7. The van der Waals surface area contributed by atoms with E-state index in [4.69, 9.17) is 0 Å². The molecule has 4 N–H and O–H groups in total. The molecule has 0 aromatic heterocycles. The second-order valence-electron chi connectivity index (χ2n) is 6.35. The van der Waals surface area contributed by atoms with Gasteiger partial charge in [0.15, 0.2) is 0 Å². The first-order valence-corrected chi connectivity index (χ1v) is 11.3. The van der Waals surface area contributed by atoms with Crippen LogP contribution in [0.3, 0.4) is 0 Å². The van der Waals surface area contributed by atoms with Crippen LogP contribution in [-0.2, 0) is 0 Å². The van der Waals surface area contributed by atoms with E-state index in [9.17, 15) is 19.2 Å². The van der Waals surface area contributed by atoms with E-state index in [-0.39, 0.29) is 11.1 Å². The van der Waals surface area contributed by atoms with Gasteiger partial charge in [0.2, 0.25) is 0 Å². The molecule has 0 fully saturated rings. The Kier molecular flexibility index (Phi) is 8.16. The molecule has 3 aromatic carbocycles. The lowest BCUT2D eigenvalue weighted by Crippen LogP contribution is -2.42. The summed E-state index contributed by atoms with van der Waals surface area (Å²) in [5.41, 5.74) is 10.7. The summed E-state index contributed by atoms with van der Waals surface area (Å²) < 4.78 is 1.50. The van der Waals surface area contributed by atoms with E-state index in [1.165, 1.54) is 24.3 Å². The van der Waals surface area contributed by atoms with Crippen LogP contribution in [0.5, 0.6) is 0 Å². The Labute approximate surface area is 210 Å². The highest BCUT2D eigenvalue weighted by Gasteiger charge is 2.14. The van der Waals surface area contributed by atoms with Gasteiger partial charge in [0, 0.05) is 18.3 Å². The normalized spacial score (nSPS) is 10.1. The van der Waals surface area contributed by atoms with E-state index in [2.05, 4.69) is 21.7 Å². The van der Waals surface area contributed by atoms with Crippen LogP contribution in [0.2, 0.25) is 0 Å². The number of benzene rings is 3. The van der Waals surface area contributed by atoms with Gasteiger partial charge in [-0.05, 0) is 93.7 Å². The maximum atomic E-state index is 12.3. The zero-order chi connectivity index (χ0) is 23.1. The summed E-state index contributed by atoms with van der Waals surface area (Å²) in [5, 5.41) is 0. The smallest absolute Gasteiger partial charge is 0.267 e. The topological polar surface area (TPSA) is 116 Å². The summed E-state index contributed by atoms with van der Waals surface area (Å²) in [6.07, 6.45) is 0. The van der Waals surface area contributed by atoms with Crippen molar-refractivity contribution < 1.29 is 19.2 Å². The van der Waals surface area contributed by atoms with Crippen LogP contribution in [0.25, 0.3) is 0 Å². The van der Waals surface area contributed by atoms with Gasteiger partial charge in [-0.1, -0.05) is 24.3 Å². The maximum absolute atomic E-state index is 12.3. The molecular formula is C22H16I2N4O4. The lowest BCUT2D eigenvalue weighted by molar-refractivity contribution is 0.0844. The molecule has 0 radical (unpaired) electrons. The Morgan fingerprint density at radius 1 is 0.469 bits per heavy atom. The summed E-state index contributed by atoms with van der Waals surface area (Å²) in [6, 6.07) is 19.7. The molecule has 0 aliphatic rings. The number of rotatable bonds is 4. The van der Waals surface area contributed by atoms with E-state index >= 15 is 0 Å². The van der Waals surface area contributed by atoms with E-state index in [1.54, 1.807) is 36.4 Å². The van der Waals surface area contributed by atoms with Crippen molar-refractivity contribution in [3.8, 4) is 0 Å². The molecule has 8 nitrogen and oxygen atoms in total. The Hall–Kier alpha value is -3.00. The standard InChI is InChI=1S/C22H16I2N4O4/c23-17-7-3-1-5-15(17)21(31)27-25-19(29)13-9-11-14(12-10-13)20(30)26-28-22(32)16-6-2-4-8-18(16)24/h1-12H,(H,25,29)(H,26,30)(H,27,31)(H,28,32). The van der Waals surface area contributed by atoms with Gasteiger partial charge in [-0.25, -0.2) is 0 Å². The molecule has 0 spiro atoms. The highest BCUT2D eigenvalue weighted by atomic mass is 127. The average molecular weight is 654 g/mol. The highest BCUT2D eigenvalue weighted by Crippen LogP contribution is 2.12. The first-order valence-electron chi connectivity index (χ1n) is 9.17. The van der Waals surface area contributed by atoms with Gasteiger partial charge in [-0.15, -0.1) is 0 Å². The Balaban J connectivity index is 1.53. The monoisotopic (exact) mass is 654 g/mol. The third-order valence-electron chi connectivity index (χ3n) is 4.23. The second-order valence-corrected chi connectivity index (χ2v) is 8.68. The fourth-order valence-corrected chi connectivity index (χ4v) is 3.83. The molecule has 0 aliphatic heterocycles. The number of carbonyl (C=O) groups is 4. The van der Waals surface area contributed by atoms with Gasteiger partial charge >= 0.3 is 0 Å². The quantitative estimate of drug-likeness (QED) is 0.256. The summed E-state index contributed by atoms with van der Waals surface area (Å²) in [5.74, 6) is -1.96. The maximum Gasteiger partial charge on any atom is 0.270 e. The van der Waals surface area contributed by atoms with Crippen molar-refractivity contribution in [1.29, 1.82) is 0 Å². The third-order valence-corrected chi connectivity index (χ3v) is 6.11. The van der Waals surface area contributed by atoms with Crippen molar-refractivity contribution in [2.75, 3.05) is 0 Å². The fourth-order valence-electron chi connectivity index (χ4n) is 2.57. The molecule has 10 heteroatoms. The fraction of sp³-hybridized carbons (Fsp3) is 0. The molecule has 0 saturated heterocycles. The van der Waals surface area contributed by atoms with E-state index in [0.29, 0.717) is 11.1 Å². The summed E-state index contributed by atoms with van der Waals surface area (Å²) in [7, 11) is 0. The minimum atomic E-state index is -0.539. The first-order chi connectivity index (χ1) is 15.4. The van der Waals surface area contributed by atoms with Gasteiger partial charge in [0.25, 0.3) is 23.6 Å².